The third-order valence-corrected chi connectivity index (χ3v) is 2.84. The number of nitrogens with zero attached hydrogens (tertiary/aromatic N) is 2. The molecule has 0 aliphatic carbocycles. The van der Waals surface area contributed by atoms with E-state index < -0.39 is 0 Å². The van der Waals surface area contributed by atoms with E-state index in [9.17, 15) is 0 Å². The summed E-state index contributed by atoms with van der Waals surface area (Å²) in [6.07, 6.45) is 3.63. The van der Waals surface area contributed by atoms with Gasteiger partial charge in [-0.3, -0.25) is 4.68 Å². The van der Waals surface area contributed by atoms with Crippen LogP contribution in [-0.4, -0.2) is 9.78 Å². The maximum absolute atomic E-state index is 5.33. The van der Waals surface area contributed by atoms with Crippen LogP contribution in [0.25, 0.3) is 11.5 Å². The summed E-state index contributed by atoms with van der Waals surface area (Å²) in [5, 5.41) is 4.50. The van der Waals surface area contributed by atoms with Crippen LogP contribution in [0.3, 0.4) is 0 Å². The Labute approximate surface area is 106 Å². The largest absolute Gasteiger partial charge is 0.463 e. The molecule has 90 valence electrons. The molecule has 0 fully saturated rings. The van der Waals surface area contributed by atoms with Crippen molar-refractivity contribution in [3.05, 3.63) is 66.1 Å². The SMILES string of the molecule is Cc1cccc(Cn2ccc(-c3ccco3)n2)c1. The van der Waals surface area contributed by atoms with E-state index >= 15 is 0 Å². The van der Waals surface area contributed by atoms with Crippen molar-refractivity contribution in [3.63, 3.8) is 0 Å². The lowest BCUT2D eigenvalue weighted by Gasteiger charge is -2.02. The lowest BCUT2D eigenvalue weighted by atomic mass is 10.1. The van der Waals surface area contributed by atoms with Gasteiger partial charge in [-0.05, 0) is 30.7 Å². The van der Waals surface area contributed by atoms with Crippen molar-refractivity contribution in [3.8, 4) is 11.5 Å². The number of benzene rings is 1. The van der Waals surface area contributed by atoms with Crippen molar-refractivity contribution in [2.45, 2.75) is 13.5 Å². The minimum Gasteiger partial charge on any atom is -0.463 e. The average Bonchev–Trinajstić information content (AvgIpc) is 2.98. The van der Waals surface area contributed by atoms with Crippen molar-refractivity contribution >= 4 is 0 Å². The van der Waals surface area contributed by atoms with Gasteiger partial charge in [0.05, 0.1) is 12.8 Å². The van der Waals surface area contributed by atoms with Crippen molar-refractivity contribution in [1.82, 2.24) is 9.78 Å². The maximum atomic E-state index is 5.33. The van der Waals surface area contributed by atoms with E-state index in [2.05, 4.69) is 36.3 Å². The highest BCUT2D eigenvalue weighted by Crippen LogP contribution is 2.17. The number of hydrogen-bond acceptors (Lipinski definition) is 2. The Morgan fingerprint density at radius 1 is 1.17 bits per heavy atom. The molecule has 0 bridgehead atoms. The summed E-state index contributed by atoms with van der Waals surface area (Å²) in [5.74, 6) is 0.804. The molecule has 1 aromatic carbocycles. The second-order valence-electron chi connectivity index (χ2n) is 4.36. The molecule has 0 aliphatic heterocycles. The number of aromatic nitrogens is 2. The first kappa shape index (κ1) is 10.8. The fourth-order valence-electron chi connectivity index (χ4n) is 2.00. The van der Waals surface area contributed by atoms with Crippen molar-refractivity contribution in [1.29, 1.82) is 0 Å². The molecule has 0 atom stereocenters. The van der Waals surface area contributed by atoms with Gasteiger partial charge >= 0.3 is 0 Å². The molecule has 0 amide bonds. The Hall–Kier alpha value is -2.29. The number of hydrogen-bond donors (Lipinski definition) is 0. The third kappa shape index (κ3) is 2.20. The minimum absolute atomic E-state index is 0.780. The van der Waals surface area contributed by atoms with Gasteiger partial charge in [0.25, 0.3) is 0 Å². The standard InChI is InChI=1S/C15H14N2O/c1-12-4-2-5-13(10-12)11-17-8-7-14(16-17)15-6-3-9-18-15/h2-10H,11H2,1H3. The van der Waals surface area contributed by atoms with E-state index in [0.717, 1.165) is 18.0 Å². The van der Waals surface area contributed by atoms with Crippen molar-refractivity contribution in [2.24, 2.45) is 0 Å². The van der Waals surface area contributed by atoms with Crippen LogP contribution in [0.2, 0.25) is 0 Å². The zero-order valence-corrected chi connectivity index (χ0v) is 10.2. The molecule has 0 spiro atoms. The smallest absolute Gasteiger partial charge is 0.154 e. The molecule has 3 heteroatoms. The normalized spacial score (nSPS) is 10.7. The van der Waals surface area contributed by atoms with Crippen LogP contribution in [0, 0.1) is 6.92 Å². The van der Waals surface area contributed by atoms with E-state index in [1.807, 2.05) is 29.1 Å². The highest BCUT2D eigenvalue weighted by Gasteiger charge is 2.04. The second-order valence-corrected chi connectivity index (χ2v) is 4.36. The third-order valence-electron chi connectivity index (χ3n) is 2.84. The fourth-order valence-corrected chi connectivity index (χ4v) is 2.00. The van der Waals surface area contributed by atoms with E-state index in [-0.39, 0.29) is 0 Å². The first-order valence-electron chi connectivity index (χ1n) is 5.94. The van der Waals surface area contributed by atoms with Crippen molar-refractivity contribution in [2.75, 3.05) is 0 Å². The molecule has 3 nitrogen and oxygen atoms in total. The molecule has 0 N–H and O–H groups in total. The molecule has 0 unspecified atom stereocenters. The van der Waals surface area contributed by atoms with Crippen LogP contribution < -0.4 is 0 Å². The minimum atomic E-state index is 0.780. The second kappa shape index (κ2) is 4.53. The van der Waals surface area contributed by atoms with Crippen LogP contribution in [0.4, 0.5) is 0 Å². The molecule has 2 heterocycles. The van der Waals surface area contributed by atoms with Gasteiger partial charge in [0.2, 0.25) is 0 Å². The Morgan fingerprint density at radius 2 is 2.11 bits per heavy atom. The molecule has 0 radical (unpaired) electrons. The summed E-state index contributed by atoms with van der Waals surface area (Å²) in [7, 11) is 0. The number of furan rings is 1. The number of aryl methyl sites for hydroxylation is 1. The van der Waals surface area contributed by atoms with Gasteiger partial charge in [-0.25, -0.2) is 0 Å². The van der Waals surface area contributed by atoms with Gasteiger partial charge in [0.15, 0.2) is 5.76 Å². The van der Waals surface area contributed by atoms with Gasteiger partial charge in [-0.15, -0.1) is 0 Å². The summed E-state index contributed by atoms with van der Waals surface area (Å²) >= 11 is 0. The molecule has 18 heavy (non-hydrogen) atoms. The predicted molar refractivity (Wildman–Crippen MR) is 70.2 cm³/mol. The van der Waals surface area contributed by atoms with E-state index in [1.54, 1.807) is 6.26 Å². The van der Waals surface area contributed by atoms with Crippen LogP contribution >= 0.6 is 0 Å². The van der Waals surface area contributed by atoms with E-state index in [4.69, 9.17) is 4.42 Å². The lowest BCUT2D eigenvalue weighted by molar-refractivity contribution is 0.576. The predicted octanol–water partition coefficient (Wildman–Crippen LogP) is 3.50. The van der Waals surface area contributed by atoms with Crippen LogP contribution in [0.1, 0.15) is 11.1 Å². The zero-order chi connectivity index (χ0) is 12.4. The molecule has 2 aromatic heterocycles. The summed E-state index contributed by atoms with van der Waals surface area (Å²) in [6, 6.07) is 14.2. The maximum Gasteiger partial charge on any atom is 0.154 e. The molecule has 0 aliphatic rings. The van der Waals surface area contributed by atoms with Gasteiger partial charge in [0.1, 0.15) is 5.69 Å². The number of rotatable bonds is 3. The van der Waals surface area contributed by atoms with Crippen LogP contribution in [-0.2, 0) is 6.54 Å². The summed E-state index contributed by atoms with van der Waals surface area (Å²) in [6.45, 7) is 2.88. The summed E-state index contributed by atoms with van der Waals surface area (Å²) in [5.41, 5.74) is 3.39. The molecule has 0 saturated heterocycles. The molecular weight excluding hydrogens is 224 g/mol. The van der Waals surface area contributed by atoms with Gasteiger partial charge < -0.3 is 4.42 Å². The summed E-state index contributed by atoms with van der Waals surface area (Å²) in [4.78, 5) is 0. The highest BCUT2D eigenvalue weighted by molar-refractivity contribution is 5.50. The quantitative estimate of drug-likeness (QED) is 0.699. The first-order valence-corrected chi connectivity index (χ1v) is 5.94. The lowest BCUT2D eigenvalue weighted by Crippen LogP contribution is -2.00. The van der Waals surface area contributed by atoms with Crippen molar-refractivity contribution < 1.29 is 4.42 Å². The Morgan fingerprint density at radius 3 is 2.89 bits per heavy atom. The van der Waals surface area contributed by atoms with E-state index in [1.165, 1.54) is 11.1 Å². The highest BCUT2D eigenvalue weighted by atomic mass is 16.3. The molecule has 3 aromatic rings. The van der Waals surface area contributed by atoms with Gasteiger partial charge in [-0.2, -0.15) is 5.10 Å². The Kier molecular flexibility index (Phi) is 2.73. The Bertz CT molecular complexity index is 638. The monoisotopic (exact) mass is 238 g/mol. The van der Waals surface area contributed by atoms with Crippen LogP contribution in [0.15, 0.2) is 59.3 Å². The van der Waals surface area contributed by atoms with Crippen LogP contribution in [0.5, 0.6) is 0 Å². The fraction of sp³-hybridized carbons (Fsp3) is 0.133. The topological polar surface area (TPSA) is 31.0 Å². The van der Waals surface area contributed by atoms with E-state index in [0.29, 0.717) is 0 Å². The van der Waals surface area contributed by atoms with Gasteiger partial charge in [0, 0.05) is 6.20 Å². The summed E-state index contributed by atoms with van der Waals surface area (Å²) < 4.78 is 7.25. The zero-order valence-electron chi connectivity index (χ0n) is 10.2. The molecule has 3 rings (SSSR count). The first-order chi connectivity index (χ1) is 8.81. The van der Waals surface area contributed by atoms with Gasteiger partial charge in [-0.1, -0.05) is 29.8 Å². The molecule has 0 saturated carbocycles. The molecular formula is C15H14N2O. The Balaban J connectivity index is 1.82. The average molecular weight is 238 g/mol.